The Balaban J connectivity index is 2.20. The van der Waals surface area contributed by atoms with Gasteiger partial charge in [0.15, 0.2) is 0 Å². The summed E-state index contributed by atoms with van der Waals surface area (Å²) in [5, 5.41) is 0. The fourth-order valence-electron chi connectivity index (χ4n) is 2.18. The summed E-state index contributed by atoms with van der Waals surface area (Å²) < 4.78 is 0.648. The molecule has 0 atom stereocenters. The number of nitrogens with zero attached hydrogens (tertiary/aromatic N) is 3. The van der Waals surface area contributed by atoms with Crippen molar-refractivity contribution in [1.29, 1.82) is 0 Å². The van der Waals surface area contributed by atoms with Crippen molar-refractivity contribution in [3.05, 3.63) is 46.5 Å². The lowest BCUT2D eigenvalue weighted by molar-refractivity contribution is 0.969. The van der Waals surface area contributed by atoms with Gasteiger partial charge in [-0.15, -0.1) is 0 Å². The molecule has 0 spiro atoms. The van der Waals surface area contributed by atoms with Crippen LogP contribution >= 0.6 is 12.2 Å². The van der Waals surface area contributed by atoms with Crippen molar-refractivity contribution in [2.24, 2.45) is 0 Å². The number of rotatable bonds is 2. The summed E-state index contributed by atoms with van der Waals surface area (Å²) in [7, 11) is 0. The van der Waals surface area contributed by atoms with E-state index in [0.29, 0.717) is 4.64 Å². The molecule has 100 valence electrons. The van der Waals surface area contributed by atoms with Gasteiger partial charge in [0, 0.05) is 29.2 Å². The lowest BCUT2D eigenvalue weighted by Gasteiger charge is -2.08. The van der Waals surface area contributed by atoms with E-state index in [4.69, 9.17) is 12.2 Å². The van der Waals surface area contributed by atoms with Gasteiger partial charge in [-0.25, -0.2) is 4.98 Å². The van der Waals surface area contributed by atoms with Crippen molar-refractivity contribution in [3.8, 4) is 11.4 Å². The third kappa shape index (κ3) is 2.20. The van der Waals surface area contributed by atoms with Crippen LogP contribution in [-0.4, -0.2) is 19.9 Å². The first kappa shape index (κ1) is 12.9. The van der Waals surface area contributed by atoms with Gasteiger partial charge in [-0.3, -0.25) is 9.97 Å². The summed E-state index contributed by atoms with van der Waals surface area (Å²) in [4.78, 5) is 16.4. The van der Waals surface area contributed by atoms with Crippen molar-refractivity contribution in [2.75, 3.05) is 0 Å². The number of hydrogen-bond donors (Lipinski definition) is 1. The highest BCUT2D eigenvalue weighted by molar-refractivity contribution is 7.71. The Bertz CT molecular complexity index is 839. The fraction of sp³-hybridized carbons (Fsp3) is 0.200. The maximum atomic E-state index is 5.33. The molecule has 0 fully saturated rings. The predicted molar refractivity (Wildman–Crippen MR) is 82.1 cm³/mol. The zero-order valence-electron chi connectivity index (χ0n) is 11.3. The number of H-pyrrole nitrogens is 1. The average Bonchev–Trinajstić information content (AvgIpc) is 2.49. The minimum atomic E-state index is 0.648. The highest BCUT2D eigenvalue weighted by Gasteiger charge is 2.07. The van der Waals surface area contributed by atoms with Crippen LogP contribution in [0.2, 0.25) is 0 Å². The van der Waals surface area contributed by atoms with Crippen LogP contribution in [0.15, 0.2) is 30.6 Å². The van der Waals surface area contributed by atoms with Crippen molar-refractivity contribution >= 4 is 23.3 Å². The molecule has 0 saturated heterocycles. The maximum absolute atomic E-state index is 5.33. The summed E-state index contributed by atoms with van der Waals surface area (Å²) in [5.41, 5.74) is 4.87. The van der Waals surface area contributed by atoms with Gasteiger partial charge < -0.3 is 4.98 Å². The third-order valence-corrected chi connectivity index (χ3v) is 3.75. The molecule has 5 heteroatoms. The Morgan fingerprint density at radius 1 is 1.15 bits per heavy atom. The van der Waals surface area contributed by atoms with E-state index in [1.54, 1.807) is 12.4 Å². The number of nitrogens with one attached hydrogen (secondary N) is 1. The van der Waals surface area contributed by atoms with E-state index in [2.05, 4.69) is 26.9 Å². The molecular weight excluding hydrogens is 268 g/mol. The van der Waals surface area contributed by atoms with Crippen LogP contribution < -0.4 is 0 Å². The second-order valence-electron chi connectivity index (χ2n) is 4.61. The van der Waals surface area contributed by atoms with Crippen LogP contribution in [0, 0.1) is 11.6 Å². The van der Waals surface area contributed by atoms with Gasteiger partial charge in [0.05, 0.1) is 11.0 Å². The van der Waals surface area contributed by atoms with Gasteiger partial charge in [-0.05, 0) is 31.5 Å². The molecule has 1 aromatic carbocycles. The number of benzene rings is 1. The van der Waals surface area contributed by atoms with Crippen LogP contribution in [0.4, 0.5) is 0 Å². The summed E-state index contributed by atoms with van der Waals surface area (Å²) >= 11 is 5.33. The first-order valence-corrected chi connectivity index (χ1v) is 6.91. The minimum absolute atomic E-state index is 0.648. The quantitative estimate of drug-likeness (QED) is 0.729. The number of fused-ring (bicyclic) bond motifs is 1. The molecule has 0 aliphatic heterocycles. The molecule has 0 aliphatic carbocycles. The zero-order valence-corrected chi connectivity index (χ0v) is 12.2. The molecule has 20 heavy (non-hydrogen) atoms. The first-order valence-electron chi connectivity index (χ1n) is 6.50. The molecular formula is C15H14N4S. The number of aryl methyl sites for hydroxylation is 1. The lowest BCUT2D eigenvalue weighted by Crippen LogP contribution is -1.99. The van der Waals surface area contributed by atoms with E-state index in [1.165, 1.54) is 0 Å². The highest BCUT2D eigenvalue weighted by Crippen LogP contribution is 2.21. The first-order chi connectivity index (χ1) is 9.69. The number of hydrogen-bond acceptors (Lipinski definition) is 4. The third-order valence-electron chi connectivity index (χ3n) is 3.35. The molecule has 3 aromatic rings. The molecule has 0 unspecified atom stereocenters. The van der Waals surface area contributed by atoms with Crippen LogP contribution in [0.3, 0.4) is 0 Å². The molecule has 2 heterocycles. The monoisotopic (exact) mass is 282 g/mol. The molecule has 0 radical (unpaired) electrons. The molecule has 1 N–H and O–H groups in total. The Hall–Kier alpha value is -2.14. The molecule has 3 rings (SSSR count). The Kier molecular flexibility index (Phi) is 3.28. The normalized spacial score (nSPS) is 10.9. The fourth-order valence-corrected chi connectivity index (χ4v) is 2.39. The van der Waals surface area contributed by atoms with E-state index in [-0.39, 0.29) is 0 Å². The maximum Gasteiger partial charge on any atom is 0.139 e. The van der Waals surface area contributed by atoms with E-state index in [9.17, 15) is 0 Å². The average molecular weight is 282 g/mol. The molecule has 0 bridgehead atoms. The summed E-state index contributed by atoms with van der Waals surface area (Å²) in [5.74, 6) is 0.782. The minimum Gasteiger partial charge on any atom is -0.343 e. The zero-order chi connectivity index (χ0) is 14.1. The van der Waals surface area contributed by atoms with Crippen LogP contribution in [0.1, 0.15) is 18.2 Å². The largest absolute Gasteiger partial charge is 0.343 e. The van der Waals surface area contributed by atoms with Gasteiger partial charge >= 0.3 is 0 Å². The summed E-state index contributed by atoms with van der Waals surface area (Å²) in [6.45, 7) is 4.10. The van der Waals surface area contributed by atoms with Crippen molar-refractivity contribution in [2.45, 2.75) is 20.3 Å². The summed E-state index contributed by atoms with van der Waals surface area (Å²) in [6, 6.07) is 5.91. The van der Waals surface area contributed by atoms with E-state index >= 15 is 0 Å². The van der Waals surface area contributed by atoms with Gasteiger partial charge in [-0.2, -0.15) is 0 Å². The predicted octanol–water partition coefficient (Wildman–Crippen LogP) is 3.62. The second-order valence-corrected chi connectivity index (χ2v) is 4.99. The van der Waals surface area contributed by atoms with E-state index in [0.717, 1.165) is 40.1 Å². The van der Waals surface area contributed by atoms with E-state index in [1.807, 2.05) is 25.1 Å². The van der Waals surface area contributed by atoms with Gasteiger partial charge in [-0.1, -0.05) is 19.1 Å². The van der Waals surface area contributed by atoms with Crippen LogP contribution in [0.5, 0.6) is 0 Å². The highest BCUT2D eigenvalue weighted by atomic mass is 32.1. The van der Waals surface area contributed by atoms with Crippen LogP contribution in [-0.2, 0) is 6.42 Å². The smallest absolute Gasteiger partial charge is 0.139 e. The van der Waals surface area contributed by atoms with Gasteiger partial charge in [0.2, 0.25) is 0 Å². The molecule has 0 amide bonds. The molecule has 2 aromatic heterocycles. The molecule has 0 aliphatic rings. The lowest BCUT2D eigenvalue weighted by atomic mass is 10.1. The number of aromatic nitrogens is 4. The topological polar surface area (TPSA) is 54.5 Å². The van der Waals surface area contributed by atoms with Crippen LogP contribution in [0.25, 0.3) is 22.4 Å². The Morgan fingerprint density at radius 3 is 2.65 bits per heavy atom. The van der Waals surface area contributed by atoms with Crippen molar-refractivity contribution in [1.82, 2.24) is 19.9 Å². The molecule has 4 nitrogen and oxygen atoms in total. The SMILES string of the molecule is CCc1[nH]c(-c2ccc3nccnc3c2)nc(=S)c1C. The van der Waals surface area contributed by atoms with E-state index < -0.39 is 0 Å². The van der Waals surface area contributed by atoms with Gasteiger partial charge in [0.1, 0.15) is 10.5 Å². The Labute approximate surface area is 122 Å². The molecule has 0 saturated carbocycles. The summed E-state index contributed by atoms with van der Waals surface area (Å²) in [6.07, 6.45) is 4.28. The van der Waals surface area contributed by atoms with Crippen molar-refractivity contribution < 1.29 is 0 Å². The standard InChI is InChI=1S/C15H14N4S/c1-3-11-9(2)15(20)19-14(18-11)10-4-5-12-13(8-10)17-7-6-16-12/h4-8H,3H2,1-2H3,(H,18,19,20). The van der Waals surface area contributed by atoms with Crippen molar-refractivity contribution in [3.63, 3.8) is 0 Å². The number of aromatic amines is 1. The second kappa shape index (κ2) is 5.09. The Morgan fingerprint density at radius 2 is 1.90 bits per heavy atom. The van der Waals surface area contributed by atoms with Gasteiger partial charge in [0.25, 0.3) is 0 Å².